The molecule has 0 N–H and O–H groups in total. The molecule has 1 saturated heterocycles. The predicted octanol–water partition coefficient (Wildman–Crippen LogP) is 3.75. The van der Waals surface area contributed by atoms with E-state index < -0.39 is 12.1 Å². The number of benzene rings is 1. The van der Waals surface area contributed by atoms with Gasteiger partial charge in [-0.25, -0.2) is 4.79 Å². The number of ether oxygens (including phenoxy) is 1. The molecule has 0 spiro atoms. The van der Waals surface area contributed by atoms with Gasteiger partial charge in [-0.1, -0.05) is 37.3 Å². The van der Waals surface area contributed by atoms with E-state index in [0.29, 0.717) is 11.5 Å². The summed E-state index contributed by atoms with van der Waals surface area (Å²) >= 11 is 0. The second-order valence-corrected chi connectivity index (χ2v) is 6.58. The third-order valence-corrected chi connectivity index (χ3v) is 4.66. The first-order chi connectivity index (χ1) is 12.1. The summed E-state index contributed by atoms with van der Waals surface area (Å²) in [6, 6.07) is 11.2. The predicted molar refractivity (Wildman–Crippen MR) is 94.0 cm³/mol. The van der Waals surface area contributed by atoms with Crippen LogP contribution in [0.1, 0.15) is 37.2 Å². The average molecular weight is 341 g/mol. The summed E-state index contributed by atoms with van der Waals surface area (Å²) in [5.74, 6) is -0.000259. The second kappa shape index (κ2) is 7.55. The Morgan fingerprint density at radius 1 is 1.16 bits per heavy atom. The number of hydrogen-bond acceptors (Lipinski definition) is 4. The summed E-state index contributed by atoms with van der Waals surface area (Å²) in [5.41, 5.74) is 1.53. The van der Waals surface area contributed by atoms with Crippen molar-refractivity contribution in [1.82, 2.24) is 4.90 Å². The van der Waals surface area contributed by atoms with Crippen molar-refractivity contribution in [3.8, 4) is 11.1 Å². The van der Waals surface area contributed by atoms with Gasteiger partial charge in [0.15, 0.2) is 6.10 Å². The lowest BCUT2D eigenvalue weighted by atomic mass is 9.99. The van der Waals surface area contributed by atoms with E-state index in [-0.39, 0.29) is 11.7 Å². The zero-order valence-electron chi connectivity index (χ0n) is 14.6. The van der Waals surface area contributed by atoms with Crippen LogP contribution in [0.3, 0.4) is 0 Å². The first-order valence-corrected chi connectivity index (χ1v) is 8.69. The van der Waals surface area contributed by atoms with Crippen LogP contribution in [0, 0.1) is 5.92 Å². The molecule has 3 rings (SSSR count). The average Bonchev–Trinajstić information content (AvgIpc) is 3.12. The van der Waals surface area contributed by atoms with Crippen LogP contribution in [0.15, 0.2) is 47.1 Å². The highest BCUT2D eigenvalue weighted by molar-refractivity contribution is 5.96. The number of likely N-dealkylation sites (tertiary alicyclic amines) is 1. The van der Waals surface area contributed by atoms with E-state index >= 15 is 0 Å². The Bertz CT molecular complexity index is 729. The monoisotopic (exact) mass is 341 g/mol. The number of rotatable bonds is 4. The van der Waals surface area contributed by atoms with Crippen molar-refractivity contribution >= 4 is 11.9 Å². The summed E-state index contributed by atoms with van der Waals surface area (Å²) in [6.45, 7) is 5.24. The number of amides is 1. The van der Waals surface area contributed by atoms with Gasteiger partial charge in [0.05, 0.1) is 6.26 Å². The molecule has 5 heteroatoms. The third-order valence-electron chi connectivity index (χ3n) is 4.66. The van der Waals surface area contributed by atoms with E-state index in [1.165, 1.54) is 6.26 Å². The minimum atomic E-state index is -0.824. The molecule has 1 fully saturated rings. The van der Waals surface area contributed by atoms with Crippen LogP contribution in [0.4, 0.5) is 0 Å². The van der Waals surface area contributed by atoms with Crippen LogP contribution in [-0.4, -0.2) is 36.0 Å². The molecule has 1 aromatic carbocycles. The van der Waals surface area contributed by atoms with Crippen molar-refractivity contribution in [3.63, 3.8) is 0 Å². The lowest BCUT2D eigenvalue weighted by molar-refractivity contribution is -0.141. The molecule has 1 aliphatic heterocycles. The van der Waals surface area contributed by atoms with E-state index in [9.17, 15) is 9.59 Å². The molecule has 1 aromatic heterocycles. The van der Waals surface area contributed by atoms with Crippen LogP contribution in [0.5, 0.6) is 0 Å². The molecule has 0 radical (unpaired) electrons. The zero-order valence-corrected chi connectivity index (χ0v) is 14.6. The minimum absolute atomic E-state index is 0.123. The largest absolute Gasteiger partial charge is 0.457 e. The Labute approximate surface area is 147 Å². The molecule has 2 heterocycles. The summed E-state index contributed by atoms with van der Waals surface area (Å²) in [5, 5.41) is 0. The molecule has 25 heavy (non-hydrogen) atoms. The third kappa shape index (κ3) is 3.92. The molecule has 5 nitrogen and oxygen atoms in total. The quantitative estimate of drug-likeness (QED) is 0.795. The van der Waals surface area contributed by atoms with Crippen LogP contribution >= 0.6 is 0 Å². The van der Waals surface area contributed by atoms with Crippen molar-refractivity contribution in [2.75, 3.05) is 13.1 Å². The van der Waals surface area contributed by atoms with Gasteiger partial charge in [0.1, 0.15) is 0 Å². The molecule has 0 saturated carbocycles. The minimum Gasteiger partial charge on any atom is -0.457 e. The van der Waals surface area contributed by atoms with Gasteiger partial charge >= 0.3 is 5.97 Å². The SMILES string of the molecule is CC1CCN(C(=O)C(C)OC(=O)c2occc2-c2ccccc2)CC1. The van der Waals surface area contributed by atoms with E-state index in [1.54, 1.807) is 17.9 Å². The highest BCUT2D eigenvalue weighted by Gasteiger charge is 2.28. The molecule has 1 atom stereocenters. The lowest BCUT2D eigenvalue weighted by Crippen LogP contribution is -2.44. The van der Waals surface area contributed by atoms with Crippen molar-refractivity contribution in [3.05, 3.63) is 48.4 Å². The van der Waals surface area contributed by atoms with Gasteiger partial charge < -0.3 is 14.1 Å². The van der Waals surface area contributed by atoms with Crippen molar-refractivity contribution in [2.24, 2.45) is 5.92 Å². The summed E-state index contributed by atoms with van der Waals surface area (Å²) in [4.78, 5) is 26.7. The standard InChI is InChI=1S/C20H23NO4/c1-14-8-11-21(12-9-14)19(22)15(2)25-20(23)18-17(10-13-24-18)16-6-4-3-5-7-16/h3-7,10,13-15H,8-9,11-12H2,1-2H3. The summed E-state index contributed by atoms with van der Waals surface area (Å²) in [6.07, 6.45) is 2.61. The van der Waals surface area contributed by atoms with Gasteiger partial charge in [0.25, 0.3) is 5.91 Å². The molecule has 0 bridgehead atoms. The van der Waals surface area contributed by atoms with Gasteiger partial charge in [-0.2, -0.15) is 0 Å². The van der Waals surface area contributed by atoms with Crippen molar-refractivity contribution in [2.45, 2.75) is 32.8 Å². The van der Waals surface area contributed by atoms with Gasteiger partial charge in [-0.05, 0) is 37.3 Å². The summed E-state index contributed by atoms with van der Waals surface area (Å²) in [7, 11) is 0. The van der Waals surface area contributed by atoms with Gasteiger partial charge in [-0.15, -0.1) is 0 Å². The number of carbonyl (C=O) groups is 2. The molecular weight excluding hydrogens is 318 g/mol. The fourth-order valence-corrected chi connectivity index (χ4v) is 3.06. The number of esters is 1. The Kier molecular flexibility index (Phi) is 5.22. The van der Waals surface area contributed by atoms with Crippen LogP contribution < -0.4 is 0 Å². The smallest absolute Gasteiger partial charge is 0.375 e. The Hall–Kier alpha value is -2.56. The maximum atomic E-state index is 12.5. The highest BCUT2D eigenvalue weighted by atomic mass is 16.6. The maximum Gasteiger partial charge on any atom is 0.375 e. The fourth-order valence-electron chi connectivity index (χ4n) is 3.06. The van der Waals surface area contributed by atoms with Crippen LogP contribution in [-0.2, 0) is 9.53 Å². The number of nitrogens with zero attached hydrogens (tertiary/aromatic N) is 1. The summed E-state index contributed by atoms with van der Waals surface area (Å²) < 4.78 is 10.7. The Morgan fingerprint density at radius 3 is 2.52 bits per heavy atom. The van der Waals surface area contributed by atoms with E-state index in [4.69, 9.17) is 9.15 Å². The van der Waals surface area contributed by atoms with E-state index in [1.807, 2.05) is 30.3 Å². The molecule has 132 valence electrons. The van der Waals surface area contributed by atoms with Crippen LogP contribution in [0.25, 0.3) is 11.1 Å². The number of piperidine rings is 1. The Balaban J connectivity index is 1.67. The van der Waals surface area contributed by atoms with E-state index in [2.05, 4.69) is 6.92 Å². The first-order valence-electron chi connectivity index (χ1n) is 8.69. The molecule has 2 aromatic rings. The van der Waals surface area contributed by atoms with Crippen molar-refractivity contribution in [1.29, 1.82) is 0 Å². The molecule has 1 amide bonds. The highest BCUT2D eigenvalue weighted by Crippen LogP contribution is 2.26. The lowest BCUT2D eigenvalue weighted by Gasteiger charge is -2.31. The zero-order chi connectivity index (χ0) is 17.8. The number of carbonyl (C=O) groups excluding carboxylic acids is 2. The first kappa shape index (κ1) is 17.3. The topological polar surface area (TPSA) is 59.8 Å². The van der Waals surface area contributed by atoms with Gasteiger partial charge in [0.2, 0.25) is 5.76 Å². The molecular formula is C20H23NO4. The van der Waals surface area contributed by atoms with Crippen molar-refractivity contribution < 1.29 is 18.7 Å². The Morgan fingerprint density at radius 2 is 1.84 bits per heavy atom. The maximum absolute atomic E-state index is 12.5. The molecule has 1 unspecified atom stereocenters. The second-order valence-electron chi connectivity index (χ2n) is 6.58. The fraction of sp³-hybridized carbons (Fsp3) is 0.400. The van der Waals surface area contributed by atoms with Gasteiger partial charge in [-0.3, -0.25) is 4.79 Å². The normalized spacial score (nSPS) is 16.5. The van der Waals surface area contributed by atoms with Crippen LogP contribution in [0.2, 0.25) is 0 Å². The molecule has 0 aliphatic carbocycles. The van der Waals surface area contributed by atoms with E-state index in [0.717, 1.165) is 31.5 Å². The number of hydrogen-bond donors (Lipinski definition) is 0. The molecule has 1 aliphatic rings. The van der Waals surface area contributed by atoms with Gasteiger partial charge in [0, 0.05) is 18.7 Å². The number of furan rings is 1.